The molecule has 0 saturated carbocycles. The number of aromatic nitrogens is 2. The van der Waals surface area contributed by atoms with Gasteiger partial charge in [-0.25, -0.2) is 4.98 Å². The van der Waals surface area contributed by atoms with Crippen molar-refractivity contribution in [1.29, 1.82) is 0 Å². The third-order valence-corrected chi connectivity index (χ3v) is 7.36. The maximum atomic E-state index is 13.7. The van der Waals surface area contributed by atoms with Crippen LogP contribution < -0.4 is 9.47 Å². The number of nitrogens with zero attached hydrogens (tertiary/aromatic N) is 4. The summed E-state index contributed by atoms with van der Waals surface area (Å²) in [6.45, 7) is 5.61. The summed E-state index contributed by atoms with van der Waals surface area (Å²) < 4.78 is 12.4. The molecule has 41 heavy (non-hydrogen) atoms. The predicted molar refractivity (Wildman–Crippen MR) is 158 cm³/mol. The minimum absolute atomic E-state index is 0.00463. The first-order valence-electron chi connectivity index (χ1n) is 13.9. The number of hydrogen-bond donors (Lipinski definition) is 1. The molecule has 0 fully saturated rings. The lowest BCUT2D eigenvalue weighted by atomic mass is 9.99. The second kappa shape index (κ2) is 12.9. The number of hydrogen-bond acceptors (Lipinski definition) is 7. The molecule has 1 N–H and O–H groups in total. The summed E-state index contributed by atoms with van der Waals surface area (Å²) in [4.78, 5) is 26.4. The van der Waals surface area contributed by atoms with Gasteiger partial charge in [-0.3, -0.25) is 14.7 Å². The smallest absolute Gasteiger partial charge is 0.259 e. The lowest BCUT2D eigenvalue weighted by molar-refractivity contribution is 0.0325. The fourth-order valence-electron chi connectivity index (χ4n) is 4.98. The van der Waals surface area contributed by atoms with E-state index in [0.29, 0.717) is 31.1 Å². The molecule has 0 unspecified atom stereocenters. The number of likely N-dealkylation sites (N-methyl/N-ethyl adjacent to an activating group) is 1. The molecule has 8 heteroatoms. The Morgan fingerprint density at radius 1 is 1.05 bits per heavy atom. The molecule has 8 nitrogen and oxygen atoms in total. The first-order chi connectivity index (χ1) is 19.9. The fourth-order valence-corrected chi connectivity index (χ4v) is 4.98. The van der Waals surface area contributed by atoms with E-state index in [2.05, 4.69) is 41.0 Å². The van der Waals surface area contributed by atoms with Gasteiger partial charge in [-0.15, -0.1) is 0 Å². The van der Waals surface area contributed by atoms with Crippen molar-refractivity contribution in [3.63, 3.8) is 0 Å². The van der Waals surface area contributed by atoms with Crippen molar-refractivity contribution in [3.05, 3.63) is 103 Å². The third-order valence-electron chi connectivity index (χ3n) is 7.36. The van der Waals surface area contributed by atoms with Crippen LogP contribution in [0.2, 0.25) is 0 Å². The summed E-state index contributed by atoms with van der Waals surface area (Å²) in [6, 6.07) is 23.1. The summed E-state index contributed by atoms with van der Waals surface area (Å²) in [5.74, 6) is 1.71. The molecule has 1 aliphatic heterocycles. The topological polar surface area (TPSA) is 88.0 Å². The van der Waals surface area contributed by atoms with Crippen LogP contribution in [0.1, 0.15) is 29.8 Å². The highest BCUT2D eigenvalue weighted by Crippen LogP contribution is 2.30. The van der Waals surface area contributed by atoms with Gasteiger partial charge in [0.1, 0.15) is 23.2 Å². The van der Waals surface area contributed by atoms with Crippen molar-refractivity contribution in [3.8, 4) is 28.5 Å². The van der Waals surface area contributed by atoms with E-state index in [1.165, 1.54) is 0 Å². The van der Waals surface area contributed by atoms with E-state index in [0.717, 1.165) is 28.2 Å². The van der Waals surface area contributed by atoms with Gasteiger partial charge in [0.25, 0.3) is 5.91 Å². The third kappa shape index (κ3) is 6.90. The van der Waals surface area contributed by atoms with Crippen LogP contribution in [-0.2, 0) is 6.54 Å². The SMILES string of the molecule is C[C@@H]1CN([C@H](C)CO)C(=O)c2cc(-c3cccnc3)cnc2O[C@@H]1CN(C)Cc1ccc(Oc2ccccc2)cc1. The van der Waals surface area contributed by atoms with Crippen LogP contribution >= 0.6 is 0 Å². The highest BCUT2D eigenvalue weighted by Gasteiger charge is 2.34. The molecule has 4 aromatic rings. The van der Waals surface area contributed by atoms with Gasteiger partial charge < -0.3 is 19.5 Å². The molecule has 0 bridgehead atoms. The molecule has 1 amide bonds. The molecule has 2 aromatic heterocycles. The van der Waals surface area contributed by atoms with Crippen molar-refractivity contribution >= 4 is 5.91 Å². The number of carbonyl (C=O) groups excluding carboxylic acids is 1. The Labute approximate surface area is 241 Å². The second-order valence-electron chi connectivity index (χ2n) is 10.7. The zero-order valence-corrected chi connectivity index (χ0v) is 23.7. The molecule has 2 aromatic carbocycles. The average Bonchev–Trinajstić information content (AvgIpc) is 3.00. The number of rotatable bonds is 9. The first-order valence-corrected chi connectivity index (χ1v) is 13.9. The van der Waals surface area contributed by atoms with E-state index >= 15 is 0 Å². The number of pyridine rings is 2. The van der Waals surface area contributed by atoms with Crippen molar-refractivity contribution in [2.24, 2.45) is 5.92 Å². The van der Waals surface area contributed by atoms with Crippen molar-refractivity contribution in [1.82, 2.24) is 19.8 Å². The summed E-state index contributed by atoms with van der Waals surface area (Å²) in [5, 5.41) is 9.95. The van der Waals surface area contributed by atoms with Crippen LogP contribution in [-0.4, -0.2) is 69.7 Å². The Morgan fingerprint density at radius 2 is 1.80 bits per heavy atom. The molecule has 0 radical (unpaired) electrons. The molecule has 1 aliphatic rings. The monoisotopic (exact) mass is 552 g/mol. The standard InChI is InChI=1S/C33H36N4O4/c1-23-19-37(24(2)22-38)33(39)30-16-27(26-8-7-15-34-17-26)18-35-32(30)41-31(23)21-36(3)20-25-11-13-29(14-12-25)40-28-9-5-4-6-10-28/h4-18,23-24,31,38H,19-22H2,1-3H3/t23-,24-,31-/m1/s1. The molecule has 3 heterocycles. The lowest BCUT2D eigenvalue weighted by Crippen LogP contribution is -2.49. The average molecular weight is 553 g/mol. The van der Waals surface area contributed by atoms with E-state index in [4.69, 9.17) is 9.47 Å². The Morgan fingerprint density at radius 3 is 2.51 bits per heavy atom. The second-order valence-corrected chi connectivity index (χ2v) is 10.7. The van der Waals surface area contributed by atoms with Gasteiger partial charge in [0.15, 0.2) is 0 Å². The predicted octanol–water partition coefficient (Wildman–Crippen LogP) is 5.29. The number of amides is 1. The van der Waals surface area contributed by atoms with Crippen molar-refractivity contribution in [2.45, 2.75) is 32.5 Å². The van der Waals surface area contributed by atoms with Crippen molar-refractivity contribution in [2.75, 3.05) is 26.7 Å². The van der Waals surface area contributed by atoms with Gasteiger partial charge in [-0.05, 0) is 55.9 Å². The van der Waals surface area contributed by atoms with Gasteiger partial charge in [-0.2, -0.15) is 0 Å². The Bertz CT molecular complexity index is 1430. The van der Waals surface area contributed by atoms with Gasteiger partial charge in [0, 0.05) is 55.3 Å². The highest BCUT2D eigenvalue weighted by molar-refractivity contribution is 5.98. The van der Waals surface area contributed by atoms with Gasteiger partial charge in [-0.1, -0.05) is 43.3 Å². The number of ether oxygens (including phenoxy) is 2. The highest BCUT2D eigenvalue weighted by atomic mass is 16.5. The number of aliphatic hydroxyl groups excluding tert-OH is 1. The quantitative estimate of drug-likeness (QED) is 0.302. The Balaban J connectivity index is 1.33. The van der Waals surface area contributed by atoms with E-state index in [1.807, 2.05) is 67.6 Å². The summed E-state index contributed by atoms with van der Waals surface area (Å²) >= 11 is 0. The van der Waals surface area contributed by atoms with Crippen LogP contribution in [0.4, 0.5) is 0 Å². The minimum Gasteiger partial charge on any atom is -0.472 e. The maximum Gasteiger partial charge on any atom is 0.259 e. The van der Waals surface area contributed by atoms with E-state index < -0.39 is 0 Å². The number of benzene rings is 2. The van der Waals surface area contributed by atoms with Crippen LogP contribution in [0.5, 0.6) is 17.4 Å². The summed E-state index contributed by atoms with van der Waals surface area (Å²) in [7, 11) is 2.06. The molecular weight excluding hydrogens is 516 g/mol. The number of carbonyl (C=O) groups is 1. The van der Waals surface area contributed by atoms with Crippen LogP contribution in [0.3, 0.4) is 0 Å². The van der Waals surface area contributed by atoms with Gasteiger partial charge >= 0.3 is 0 Å². The minimum atomic E-state index is -0.340. The molecule has 212 valence electrons. The summed E-state index contributed by atoms with van der Waals surface area (Å²) in [5.41, 5.74) is 3.19. The zero-order valence-electron chi connectivity index (χ0n) is 23.7. The van der Waals surface area contributed by atoms with Gasteiger partial charge in [0.05, 0.1) is 12.6 Å². The number of fused-ring (bicyclic) bond motifs is 1. The zero-order chi connectivity index (χ0) is 28.8. The largest absolute Gasteiger partial charge is 0.472 e. The number of aliphatic hydroxyl groups is 1. The van der Waals surface area contributed by atoms with Crippen molar-refractivity contribution < 1.29 is 19.4 Å². The van der Waals surface area contributed by atoms with E-state index in [-0.39, 0.29) is 30.6 Å². The molecule has 0 aliphatic carbocycles. The van der Waals surface area contributed by atoms with E-state index in [9.17, 15) is 9.90 Å². The molecule has 3 atom stereocenters. The van der Waals surface area contributed by atoms with Crippen LogP contribution in [0.25, 0.3) is 11.1 Å². The normalized spacial score (nSPS) is 17.8. The molecular formula is C33H36N4O4. The molecule has 0 spiro atoms. The Hall–Kier alpha value is -4.27. The fraction of sp³-hybridized carbons (Fsp3) is 0.303. The molecule has 0 saturated heterocycles. The van der Waals surface area contributed by atoms with Gasteiger partial charge in [0.2, 0.25) is 5.88 Å². The maximum absolute atomic E-state index is 13.7. The van der Waals surface area contributed by atoms with Crippen LogP contribution in [0, 0.1) is 5.92 Å². The lowest BCUT2D eigenvalue weighted by Gasteiger charge is -2.37. The number of para-hydroxylation sites is 1. The Kier molecular flexibility index (Phi) is 8.91. The first kappa shape index (κ1) is 28.3. The summed E-state index contributed by atoms with van der Waals surface area (Å²) in [6.07, 6.45) is 4.94. The molecule has 5 rings (SSSR count). The van der Waals surface area contributed by atoms with E-state index in [1.54, 1.807) is 23.5 Å². The van der Waals surface area contributed by atoms with Crippen LogP contribution in [0.15, 0.2) is 91.4 Å².